The molecular formula is C14H16F3NO. The number of carbonyl (C=O) groups excluding carboxylic acids is 1. The van der Waals surface area contributed by atoms with E-state index in [1.165, 1.54) is 0 Å². The number of nitrogens with zero attached hydrogens (tertiary/aromatic N) is 1. The predicted molar refractivity (Wildman–Crippen MR) is 65.2 cm³/mol. The standard InChI is InChI=1S/C14H16F3NO/c1-10(12-7-8-12)18(13(19)14(15,16)17)9-11-5-3-2-4-6-11/h2-6,10,12H,7-9H2,1H3. The molecule has 5 heteroatoms. The first kappa shape index (κ1) is 13.9. The number of halogens is 3. The van der Waals surface area contributed by atoms with Crippen molar-refractivity contribution in [1.29, 1.82) is 0 Å². The predicted octanol–water partition coefficient (Wildman–Crippen LogP) is 3.38. The van der Waals surface area contributed by atoms with Gasteiger partial charge in [-0.25, -0.2) is 0 Å². The van der Waals surface area contributed by atoms with E-state index >= 15 is 0 Å². The van der Waals surface area contributed by atoms with Crippen LogP contribution in [0.4, 0.5) is 13.2 Å². The SMILES string of the molecule is CC(C1CC1)N(Cc1ccccc1)C(=O)C(F)(F)F. The van der Waals surface area contributed by atoms with Crippen LogP contribution in [-0.4, -0.2) is 23.0 Å². The van der Waals surface area contributed by atoms with Crippen molar-refractivity contribution in [3.63, 3.8) is 0 Å². The molecule has 1 amide bonds. The highest BCUT2D eigenvalue weighted by molar-refractivity contribution is 5.82. The van der Waals surface area contributed by atoms with Crippen LogP contribution in [0, 0.1) is 5.92 Å². The molecule has 0 radical (unpaired) electrons. The highest BCUT2D eigenvalue weighted by Gasteiger charge is 2.46. The minimum absolute atomic E-state index is 0.0108. The number of amides is 1. The van der Waals surface area contributed by atoms with Gasteiger partial charge in [-0.3, -0.25) is 4.79 Å². The Morgan fingerprint density at radius 1 is 1.32 bits per heavy atom. The van der Waals surface area contributed by atoms with E-state index in [2.05, 4.69) is 0 Å². The maximum Gasteiger partial charge on any atom is 0.471 e. The second kappa shape index (κ2) is 5.23. The zero-order chi connectivity index (χ0) is 14.0. The molecule has 0 saturated heterocycles. The normalized spacial score (nSPS) is 17.1. The monoisotopic (exact) mass is 271 g/mol. The van der Waals surface area contributed by atoms with E-state index in [1.54, 1.807) is 37.3 Å². The van der Waals surface area contributed by atoms with E-state index in [9.17, 15) is 18.0 Å². The van der Waals surface area contributed by atoms with Crippen LogP contribution in [0.3, 0.4) is 0 Å². The molecule has 0 aliphatic heterocycles. The summed E-state index contributed by atoms with van der Waals surface area (Å²) in [6.07, 6.45) is -3.01. The Kier molecular flexibility index (Phi) is 3.83. The maximum atomic E-state index is 12.7. The van der Waals surface area contributed by atoms with Crippen LogP contribution in [-0.2, 0) is 11.3 Å². The van der Waals surface area contributed by atoms with Crippen LogP contribution in [0.15, 0.2) is 30.3 Å². The summed E-state index contributed by atoms with van der Waals surface area (Å²) in [5.41, 5.74) is 0.715. The Morgan fingerprint density at radius 3 is 2.37 bits per heavy atom. The molecule has 1 fully saturated rings. The topological polar surface area (TPSA) is 20.3 Å². The number of alkyl halides is 3. The fourth-order valence-corrected chi connectivity index (χ4v) is 2.18. The quantitative estimate of drug-likeness (QED) is 0.822. The Hall–Kier alpha value is -1.52. The molecule has 1 atom stereocenters. The van der Waals surface area contributed by atoms with Gasteiger partial charge in [0.15, 0.2) is 0 Å². The Balaban J connectivity index is 2.16. The highest BCUT2D eigenvalue weighted by Crippen LogP contribution is 2.37. The van der Waals surface area contributed by atoms with Gasteiger partial charge in [-0.1, -0.05) is 30.3 Å². The van der Waals surface area contributed by atoms with Crippen LogP contribution in [0.5, 0.6) is 0 Å². The van der Waals surface area contributed by atoms with Gasteiger partial charge in [0.25, 0.3) is 0 Å². The molecule has 0 aromatic heterocycles. The first-order valence-electron chi connectivity index (χ1n) is 6.31. The molecule has 0 bridgehead atoms. The average molecular weight is 271 g/mol. The number of rotatable bonds is 4. The third-order valence-corrected chi connectivity index (χ3v) is 3.49. The van der Waals surface area contributed by atoms with Crippen LogP contribution in [0.2, 0.25) is 0 Å². The van der Waals surface area contributed by atoms with Gasteiger partial charge in [-0.05, 0) is 31.2 Å². The second-order valence-electron chi connectivity index (χ2n) is 4.99. The van der Waals surface area contributed by atoms with Gasteiger partial charge in [0.2, 0.25) is 0 Å². The van der Waals surface area contributed by atoms with E-state index in [0.717, 1.165) is 17.7 Å². The maximum absolute atomic E-state index is 12.7. The van der Waals surface area contributed by atoms with Crippen molar-refractivity contribution < 1.29 is 18.0 Å². The van der Waals surface area contributed by atoms with Crippen molar-refractivity contribution in [2.24, 2.45) is 5.92 Å². The van der Waals surface area contributed by atoms with Gasteiger partial charge in [0.05, 0.1) is 0 Å². The van der Waals surface area contributed by atoms with Gasteiger partial charge in [-0.15, -0.1) is 0 Å². The van der Waals surface area contributed by atoms with Crippen LogP contribution in [0.1, 0.15) is 25.3 Å². The lowest BCUT2D eigenvalue weighted by Crippen LogP contribution is -2.46. The van der Waals surface area contributed by atoms with Gasteiger partial charge < -0.3 is 4.90 Å². The van der Waals surface area contributed by atoms with Crippen molar-refractivity contribution in [2.75, 3.05) is 0 Å². The summed E-state index contributed by atoms with van der Waals surface area (Å²) >= 11 is 0. The first-order chi connectivity index (χ1) is 8.89. The Bertz CT molecular complexity index is 440. The van der Waals surface area contributed by atoms with E-state index in [-0.39, 0.29) is 18.5 Å². The lowest BCUT2D eigenvalue weighted by atomic mass is 10.1. The van der Waals surface area contributed by atoms with Crippen molar-refractivity contribution >= 4 is 5.91 Å². The number of hydrogen-bond donors (Lipinski definition) is 0. The van der Waals surface area contributed by atoms with E-state index in [0.29, 0.717) is 5.56 Å². The summed E-state index contributed by atoms with van der Waals surface area (Å²) in [4.78, 5) is 12.5. The third kappa shape index (κ3) is 3.49. The summed E-state index contributed by atoms with van der Waals surface area (Å²) in [5, 5.41) is 0. The van der Waals surface area contributed by atoms with Gasteiger partial charge in [0, 0.05) is 12.6 Å². The molecule has 2 rings (SSSR count). The van der Waals surface area contributed by atoms with Crippen LogP contribution in [0.25, 0.3) is 0 Å². The highest BCUT2D eigenvalue weighted by atomic mass is 19.4. The molecule has 1 aliphatic carbocycles. The molecule has 1 saturated carbocycles. The summed E-state index contributed by atoms with van der Waals surface area (Å²) in [6, 6.07) is 8.41. The molecule has 1 aromatic rings. The fourth-order valence-electron chi connectivity index (χ4n) is 2.18. The molecule has 19 heavy (non-hydrogen) atoms. The smallest absolute Gasteiger partial charge is 0.328 e. The zero-order valence-electron chi connectivity index (χ0n) is 10.7. The van der Waals surface area contributed by atoms with E-state index in [1.807, 2.05) is 0 Å². The molecule has 1 aromatic carbocycles. The lowest BCUT2D eigenvalue weighted by molar-refractivity contribution is -0.188. The molecule has 1 unspecified atom stereocenters. The summed E-state index contributed by atoms with van der Waals surface area (Å²) in [6.45, 7) is 1.71. The van der Waals surface area contributed by atoms with Gasteiger partial charge in [-0.2, -0.15) is 13.2 Å². The van der Waals surface area contributed by atoms with Gasteiger partial charge in [0.1, 0.15) is 0 Å². The van der Waals surface area contributed by atoms with Crippen molar-refractivity contribution in [3.05, 3.63) is 35.9 Å². The minimum atomic E-state index is -4.81. The van der Waals surface area contributed by atoms with Crippen molar-refractivity contribution in [1.82, 2.24) is 4.90 Å². The number of carbonyl (C=O) groups is 1. The minimum Gasteiger partial charge on any atom is -0.328 e. The summed E-state index contributed by atoms with van der Waals surface area (Å²) < 4.78 is 38.0. The summed E-state index contributed by atoms with van der Waals surface area (Å²) in [5.74, 6) is -1.54. The molecule has 0 N–H and O–H groups in total. The lowest BCUT2D eigenvalue weighted by Gasteiger charge is -2.30. The second-order valence-corrected chi connectivity index (χ2v) is 4.99. The average Bonchev–Trinajstić information content (AvgIpc) is 3.18. The zero-order valence-corrected chi connectivity index (χ0v) is 10.7. The van der Waals surface area contributed by atoms with Crippen LogP contribution >= 0.6 is 0 Å². The first-order valence-corrected chi connectivity index (χ1v) is 6.31. The molecule has 2 nitrogen and oxygen atoms in total. The van der Waals surface area contributed by atoms with Gasteiger partial charge >= 0.3 is 12.1 Å². The van der Waals surface area contributed by atoms with Crippen molar-refractivity contribution in [3.8, 4) is 0 Å². The third-order valence-electron chi connectivity index (χ3n) is 3.49. The Morgan fingerprint density at radius 2 is 1.89 bits per heavy atom. The largest absolute Gasteiger partial charge is 0.471 e. The Labute approximate surface area is 110 Å². The van der Waals surface area contributed by atoms with Crippen molar-refractivity contribution in [2.45, 2.75) is 38.5 Å². The van der Waals surface area contributed by atoms with Crippen LogP contribution < -0.4 is 0 Å². The fraction of sp³-hybridized carbons (Fsp3) is 0.500. The molecule has 1 aliphatic rings. The molecule has 104 valence electrons. The summed E-state index contributed by atoms with van der Waals surface area (Å²) in [7, 11) is 0. The molecular weight excluding hydrogens is 255 g/mol. The number of hydrogen-bond acceptors (Lipinski definition) is 1. The van der Waals surface area contributed by atoms with E-state index in [4.69, 9.17) is 0 Å². The van der Waals surface area contributed by atoms with E-state index < -0.39 is 12.1 Å². The molecule has 0 spiro atoms. The number of benzene rings is 1. The molecule has 0 heterocycles.